The minimum Gasteiger partial charge on any atom is -0.491 e. The van der Waals surface area contributed by atoms with Crippen molar-refractivity contribution >= 4 is 11.9 Å². The van der Waals surface area contributed by atoms with Crippen LogP contribution in [0.15, 0.2) is 24.3 Å². The molecule has 6 heteroatoms. The molecule has 0 aromatic heterocycles. The first-order valence-corrected chi connectivity index (χ1v) is 7.00. The molecule has 0 aliphatic carbocycles. The highest BCUT2D eigenvalue weighted by Crippen LogP contribution is 2.22. The fourth-order valence-corrected chi connectivity index (χ4v) is 2.36. The number of hydrogen-bond donors (Lipinski definition) is 2. The highest BCUT2D eigenvalue weighted by atomic mass is 16.5. The average Bonchev–Trinajstić information content (AvgIpc) is 2.69. The van der Waals surface area contributed by atoms with E-state index in [9.17, 15) is 9.59 Å². The fraction of sp³-hybridized carbons (Fsp3) is 0.467. The Morgan fingerprint density at radius 2 is 2.19 bits per heavy atom. The summed E-state index contributed by atoms with van der Waals surface area (Å²) in [6.07, 6.45) is 0.490. The van der Waals surface area contributed by atoms with Crippen molar-refractivity contribution in [2.24, 2.45) is 0 Å². The number of likely N-dealkylation sites (N-methyl/N-ethyl adjacent to an activating group) is 1. The number of nitrogens with one attached hydrogen (secondary N) is 1. The fourth-order valence-electron chi connectivity index (χ4n) is 2.36. The number of carbonyl (C=O) groups excluding carboxylic acids is 1. The second-order valence-corrected chi connectivity index (χ2v) is 4.99. The van der Waals surface area contributed by atoms with Gasteiger partial charge in [-0.1, -0.05) is 18.2 Å². The highest BCUT2D eigenvalue weighted by molar-refractivity contribution is 5.78. The molecule has 2 rings (SSSR count). The van der Waals surface area contributed by atoms with Crippen molar-refractivity contribution in [3.05, 3.63) is 29.8 Å². The number of aliphatic carboxylic acids is 1. The van der Waals surface area contributed by atoms with Crippen molar-refractivity contribution in [2.45, 2.75) is 25.4 Å². The SMILES string of the molecule is CN[C@@H](CCC(=O)N1CCOc2ccccc2C1)C(=O)O. The van der Waals surface area contributed by atoms with Crippen LogP contribution in [0, 0.1) is 0 Å². The Bertz CT molecular complexity index is 518. The molecule has 0 saturated carbocycles. The molecule has 1 heterocycles. The van der Waals surface area contributed by atoms with E-state index in [1.807, 2.05) is 24.3 Å². The van der Waals surface area contributed by atoms with Crippen molar-refractivity contribution in [3.63, 3.8) is 0 Å². The Morgan fingerprint density at radius 3 is 2.90 bits per heavy atom. The zero-order valence-electron chi connectivity index (χ0n) is 12.0. The van der Waals surface area contributed by atoms with E-state index in [4.69, 9.17) is 9.84 Å². The lowest BCUT2D eigenvalue weighted by molar-refractivity contribution is -0.139. The Morgan fingerprint density at radius 1 is 1.43 bits per heavy atom. The number of benzene rings is 1. The lowest BCUT2D eigenvalue weighted by Gasteiger charge is -2.20. The van der Waals surface area contributed by atoms with E-state index in [0.29, 0.717) is 19.7 Å². The largest absolute Gasteiger partial charge is 0.491 e. The smallest absolute Gasteiger partial charge is 0.320 e. The molecule has 114 valence electrons. The van der Waals surface area contributed by atoms with Gasteiger partial charge in [0.1, 0.15) is 18.4 Å². The molecule has 1 atom stereocenters. The van der Waals surface area contributed by atoms with Gasteiger partial charge in [-0.2, -0.15) is 0 Å². The number of para-hydroxylation sites is 1. The number of amides is 1. The number of nitrogens with zero attached hydrogens (tertiary/aromatic N) is 1. The molecule has 0 bridgehead atoms. The van der Waals surface area contributed by atoms with Crippen molar-refractivity contribution in [1.29, 1.82) is 0 Å². The molecule has 21 heavy (non-hydrogen) atoms. The van der Waals surface area contributed by atoms with E-state index >= 15 is 0 Å². The Hall–Kier alpha value is -2.08. The highest BCUT2D eigenvalue weighted by Gasteiger charge is 2.22. The third kappa shape index (κ3) is 3.95. The number of ether oxygens (including phenoxy) is 1. The van der Waals surface area contributed by atoms with Crippen LogP contribution in [0.25, 0.3) is 0 Å². The zero-order chi connectivity index (χ0) is 15.2. The second-order valence-electron chi connectivity index (χ2n) is 4.99. The maximum absolute atomic E-state index is 12.3. The third-order valence-electron chi connectivity index (χ3n) is 3.60. The molecule has 1 aliphatic rings. The summed E-state index contributed by atoms with van der Waals surface area (Å²) >= 11 is 0. The van der Waals surface area contributed by atoms with E-state index in [1.54, 1.807) is 11.9 Å². The van der Waals surface area contributed by atoms with Crippen LogP contribution in [-0.2, 0) is 16.1 Å². The van der Waals surface area contributed by atoms with Gasteiger partial charge >= 0.3 is 5.97 Å². The first-order valence-electron chi connectivity index (χ1n) is 7.00. The molecule has 6 nitrogen and oxygen atoms in total. The molecule has 0 fully saturated rings. The molecular weight excluding hydrogens is 272 g/mol. The third-order valence-corrected chi connectivity index (χ3v) is 3.60. The van der Waals surface area contributed by atoms with Gasteiger partial charge < -0.3 is 20.1 Å². The lowest BCUT2D eigenvalue weighted by atomic mass is 10.1. The van der Waals surface area contributed by atoms with Gasteiger partial charge in [0.25, 0.3) is 0 Å². The number of rotatable bonds is 5. The summed E-state index contributed by atoms with van der Waals surface area (Å²) in [5, 5.41) is 11.7. The molecule has 0 spiro atoms. The molecule has 0 radical (unpaired) electrons. The van der Waals surface area contributed by atoms with Gasteiger partial charge in [0.15, 0.2) is 0 Å². The van der Waals surface area contributed by atoms with Gasteiger partial charge in [0.2, 0.25) is 5.91 Å². The quantitative estimate of drug-likeness (QED) is 0.841. The van der Waals surface area contributed by atoms with E-state index in [-0.39, 0.29) is 18.7 Å². The van der Waals surface area contributed by atoms with Crippen molar-refractivity contribution < 1.29 is 19.4 Å². The normalized spacial score (nSPS) is 15.6. The first kappa shape index (κ1) is 15.3. The van der Waals surface area contributed by atoms with Gasteiger partial charge in [-0.05, 0) is 19.5 Å². The molecule has 0 unspecified atom stereocenters. The predicted molar refractivity (Wildman–Crippen MR) is 77.1 cm³/mol. The zero-order valence-corrected chi connectivity index (χ0v) is 12.0. The molecule has 1 aliphatic heterocycles. The average molecular weight is 292 g/mol. The van der Waals surface area contributed by atoms with Crippen LogP contribution >= 0.6 is 0 Å². The van der Waals surface area contributed by atoms with Crippen LogP contribution in [-0.4, -0.2) is 48.1 Å². The van der Waals surface area contributed by atoms with Crippen LogP contribution in [0.4, 0.5) is 0 Å². The predicted octanol–water partition coefficient (Wildman–Crippen LogP) is 0.860. The van der Waals surface area contributed by atoms with Crippen LogP contribution in [0.5, 0.6) is 5.75 Å². The minimum absolute atomic E-state index is 0.0446. The number of hydrogen-bond acceptors (Lipinski definition) is 4. The summed E-state index contributed by atoms with van der Waals surface area (Å²) in [5.41, 5.74) is 0.978. The van der Waals surface area contributed by atoms with Gasteiger partial charge in [0.05, 0.1) is 6.54 Å². The van der Waals surface area contributed by atoms with Crippen molar-refractivity contribution in [3.8, 4) is 5.75 Å². The van der Waals surface area contributed by atoms with Gasteiger partial charge in [-0.3, -0.25) is 9.59 Å². The number of carboxylic acid groups (broad SMARTS) is 1. The molecule has 1 aromatic rings. The number of carbonyl (C=O) groups is 2. The van der Waals surface area contributed by atoms with E-state index in [2.05, 4.69) is 5.32 Å². The topological polar surface area (TPSA) is 78.9 Å². The van der Waals surface area contributed by atoms with E-state index in [1.165, 1.54) is 0 Å². The van der Waals surface area contributed by atoms with Crippen molar-refractivity contribution in [1.82, 2.24) is 10.2 Å². The maximum atomic E-state index is 12.3. The van der Waals surface area contributed by atoms with E-state index < -0.39 is 12.0 Å². The van der Waals surface area contributed by atoms with Gasteiger partial charge in [0, 0.05) is 18.5 Å². The summed E-state index contributed by atoms with van der Waals surface area (Å²) in [5.74, 6) is -0.168. The standard InChI is InChI=1S/C15H20N2O4/c1-16-12(15(19)20)6-7-14(18)17-8-9-21-13-5-3-2-4-11(13)10-17/h2-5,12,16H,6-10H2,1H3,(H,19,20)/t12-/m0/s1. The van der Waals surface area contributed by atoms with Gasteiger partial charge in [-0.25, -0.2) is 0 Å². The first-order chi connectivity index (χ1) is 10.1. The monoisotopic (exact) mass is 292 g/mol. The Labute approximate surface area is 123 Å². The summed E-state index contributed by atoms with van der Waals surface area (Å²) in [4.78, 5) is 24.9. The second kappa shape index (κ2) is 7.08. The summed E-state index contributed by atoms with van der Waals surface area (Å²) in [6, 6.07) is 6.96. The van der Waals surface area contributed by atoms with Crippen LogP contribution in [0.3, 0.4) is 0 Å². The summed E-state index contributed by atoms with van der Waals surface area (Å²) in [7, 11) is 1.58. The molecule has 1 aromatic carbocycles. The minimum atomic E-state index is -0.935. The molecular formula is C15H20N2O4. The lowest BCUT2D eigenvalue weighted by Crippen LogP contribution is -2.37. The number of fused-ring (bicyclic) bond motifs is 1. The Kier molecular flexibility index (Phi) is 5.16. The van der Waals surface area contributed by atoms with Crippen molar-refractivity contribution in [2.75, 3.05) is 20.2 Å². The molecule has 1 amide bonds. The summed E-state index contributed by atoms with van der Waals surface area (Å²) < 4.78 is 5.61. The summed E-state index contributed by atoms with van der Waals surface area (Å²) in [6.45, 7) is 1.48. The van der Waals surface area contributed by atoms with Crippen LogP contribution in [0.2, 0.25) is 0 Å². The van der Waals surface area contributed by atoms with Gasteiger partial charge in [-0.15, -0.1) is 0 Å². The number of carboxylic acids is 1. The maximum Gasteiger partial charge on any atom is 0.320 e. The Balaban J connectivity index is 1.95. The van der Waals surface area contributed by atoms with Crippen LogP contribution < -0.4 is 10.1 Å². The van der Waals surface area contributed by atoms with E-state index in [0.717, 1.165) is 11.3 Å². The van der Waals surface area contributed by atoms with Crippen LogP contribution in [0.1, 0.15) is 18.4 Å². The molecule has 0 saturated heterocycles. The molecule has 2 N–H and O–H groups in total.